The lowest BCUT2D eigenvalue weighted by atomic mass is 9.76. The average Bonchev–Trinajstić information content (AvgIpc) is 3.02. The van der Waals surface area contributed by atoms with E-state index in [9.17, 15) is 29.4 Å². The summed E-state index contributed by atoms with van der Waals surface area (Å²) in [5.74, 6) is -5.48. The fourth-order valence-electron chi connectivity index (χ4n) is 4.14. The van der Waals surface area contributed by atoms with Gasteiger partial charge in [-0.1, -0.05) is 12.2 Å². The summed E-state index contributed by atoms with van der Waals surface area (Å²) in [5, 5.41) is 18.9. The van der Waals surface area contributed by atoms with Crippen LogP contribution in [-0.4, -0.2) is 34.1 Å². The van der Waals surface area contributed by atoms with Crippen LogP contribution in [0.1, 0.15) is 6.42 Å². The summed E-state index contributed by atoms with van der Waals surface area (Å²) in [5.41, 5.74) is -3.10. The number of ether oxygens (including phenoxy) is 1. The average molecular weight is 276 g/mol. The first-order valence-electron chi connectivity index (χ1n) is 6.05. The summed E-state index contributed by atoms with van der Waals surface area (Å²) in [6, 6.07) is 0. The molecule has 0 aromatic heterocycles. The van der Waals surface area contributed by atoms with Crippen molar-refractivity contribution in [3.05, 3.63) is 23.3 Å². The van der Waals surface area contributed by atoms with E-state index in [2.05, 4.69) is 4.74 Å². The van der Waals surface area contributed by atoms with Crippen LogP contribution in [0.3, 0.4) is 0 Å². The van der Waals surface area contributed by atoms with Crippen molar-refractivity contribution in [2.24, 2.45) is 22.7 Å². The first-order chi connectivity index (χ1) is 9.36. The van der Waals surface area contributed by atoms with Gasteiger partial charge in [0.2, 0.25) is 0 Å². The molecule has 0 spiro atoms. The molecule has 2 unspecified atom stereocenters. The molecule has 7 nitrogen and oxygen atoms in total. The molecule has 20 heavy (non-hydrogen) atoms. The highest BCUT2D eigenvalue weighted by atomic mass is 16.6. The van der Waals surface area contributed by atoms with Gasteiger partial charge in [-0.3, -0.25) is 9.59 Å². The summed E-state index contributed by atoms with van der Waals surface area (Å²) >= 11 is 0. The summed E-state index contributed by atoms with van der Waals surface area (Å²) < 4.78 is 4.55. The van der Waals surface area contributed by atoms with Gasteiger partial charge < -0.3 is 14.9 Å². The van der Waals surface area contributed by atoms with E-state index < -0.39 is 46.5 Å². The molecule has 0 aromatic carbocycles. The summed E-state index contributed by atoms with van der Waals surface area (Å²) in [4.78, 5) is 46.7. The van der Waals surface area contributed by atoms with Gasteiger partial charge >= 0.3 is 23.9 Å². The van der Waals surface area contributed by atoms with Crippen molar-refractivity contribution >= 4 is 23.9 Å². The quantitative estimate of drug-likeness (QED) is 0.526. The smallest absolute Gasteiger partial charge is 0.342 e. The van der Waals surface area contributed by atoms with E-state index in [1.165, 1.54) is 12.2 Å². The molecule has 0 amide bonds. The fourth-order valence-corrected chi connectivity index (χ4v) is 4.14. The van der Waals surface area contributed by atoms with Crippen molar-refractivity contribution in [2.75, 3.05) is 0 Å². The van der Waals surface area contributed by atoms with E-state index in [-0.39, 0.29) is 17.6 Å². The molecule has 2 fully saturated rings. The predicted molar refractivity (Wildman–Crippen MR) is 59.0 cm³/mol. The van der Waals surface area contributed by atoms with Crippen LogP contribution in [0.4, 0.5) is 0 Å². The molecule has 1 aliphatic heterocycles. The van der Waals surface area contributed by atoms with Crippen LogP contribution >= 0.6 is 0 Å². The molecule has 2 N–H and O–H groups in total. The van der Waals surface area contributed by atoms with Crippen LogP contribution in [-0.2, 0) is 23.9 Å². The number of cyclic esters (lactones) is 2. The largest absolute Gasteiger partial charge is 0.481 e. The summed E-state index contributed by atoms with van der Waals surface area (Å²) in [6.45, 7) is 0. The third kappa shape index (κ3) is 0.843. The van der Waals surface area contributed by atoms with Crippen LogP contribution in [0.5, 0.6) is 0 Å². The Labute approximate surface area is 111 Å². The van der Waals surface area contributed by atoms with E-state index in [1.54, 1.807) is 0 Å². The molecule has 0 aromatic rings. The lowest BCUT2D eigenvalue weighted by molar-refractivity contribution is -0.157. The maximum atomic E-state index is 11.7. The molecule has 1 saturated heterocycles. The molecular weight excluding hydrogens is 268 g/mol. The second-order valence-corrected chi connectivity index (χ2v) is 5.57. The molecule has 7 heteroatoms. The van der Waals surface area contributed by atoms with E-state index >= 15 is 0 Å². The first kappa shape index (κ1) is 11.4. The number of carboxylic acid groups (broad SMARTS) is 2. The monoisotopic (exact) mass is 276 g/mol. The number of hydrogen-bond donors (Lipinski definition) is 2. The number of aliphatic carboxylic acids is 2. The van der Waals surface area contributed by atoms with Crippen LogP contribution < -0.4 is 0 Å². The summed E-state index contributed by atoms with van der Waals surface area (Å²) in [7, 11) is 0. The van der Waals surface area contributed by atoms with E-state index in [0.29, 0.717) is 0 Å². The normalized spacial score (nSPS) is 43.2. The zero-order valence-corrected chi connectivity index (χ0v) is 9.95. The third-order valence-corrected chi connectivity index (χ3v) is 5.05. The lowest BCUT2D eigenvalue weighted by Gasteiger charge is -2.30. The molecule has 4 rings (SSSR count). The molecule has 2 bridgehead atoms. The first-order valence-corrected chi connectivity index (χ1v) is 6.05. The minimum atomic E-state index is -1.64. The summed E-state index contributed by atoms with van der Waals surface area (Å²) in [6.07, 6.45) is 2.57. The molecule has 1 heterocycles. The standard InChI is InChI=1S/C13H8O7/c14-8-5-2-12(10(16)17)7-1-4(5)6(9(15)20-8)3-13(7,12)11(18)19/h2-4,7H,1H2,(H,16,17)(H,18,19). The van der Waals surface area contributed by atoms with E-state index in [1.807, 2.05) is 0 Å². The Hall–Kier alpha value is -2.44. The molecule has 2 atom stereocenters. The topological polar surface area (TPSA) is 118 Å². The van der Waals surface area contributed by atoms with Crippen LogP contribution in [0.15, 0.2) is 23.3 Å². The molecular formula is C13H8O7. The van der Waals surface area contributed by atoms with Gasteiger partial charge in [-0.25, -0.2) is 9.59 Å². The highest BCUT2D eigenvalue weighted by Gasteiger charge is 2.86. The number of esters is 2. The number of fused-ring (bicyclic) bond motifs is 1. The molecule has 1 saturated carbocycles. The van der Waals surface area contributed by atoms with E-state index in [4.69, 9.17) is 0 Å². The number of carbonyl (C=O) groups excluding carboxylic acids is 2. The maximum Gasteiger partial charge on any atom is 0.342 e. The van der Waals surface area contributed by atoms with Gasteiger partial charge in [0, 0.05) is 23.0 Å². The van der Waals surface area contributed by atoms with Crippen molar-refractivity contribution in [3.8, 4) is 0 Å². The second-order valence-electron chi connectivity index (χ2n) is 5.57. The number of carboxylic acids is 2. The SMILES string of the molecule is O=C1OC(=O)C2=CC3(C(=O)O)C4CC2C1=CC43C(=O)O. The highest BCUT2D eigenvalue weighted by Crippen LogP contribution is 2.78. The minimum absolute atomic E-state index is 0.0927. The van der Waals surface area contributed by atoms with Crippen molar-refractivity contribution in [3.63, 3.8) is 0 Å². The van der Waals surface area contributed by atoms with Crippen molar-refractivity contribution in [1.29, 1.82) is 0 Å². The fraction of sp³-hybridized carbons (Fsp3) is 0.385. The zero-order valence-electron chi connectivity index (χ0n) is 9.95. The van der Waals surface area contributed by atoms with Crippen LogP contribution in [0.2, 0.25) is 0 Å². The van der Waals surface area contributed by atoms with Gasteiger partial charge in [-0.2, -0.15) is 0 Å². The van der Waals surface area contributed by atoms with Crippen LogP contribution in [0.25, 0.3) is 0 Å². The Morgan fingerprint density at radius 2 is 1.50 bits per heavy atom. The molecule has 102 valence electrons. The Morgan fingerprint density at radius 3 is 1.90 bits per heavy atom. The zero-order chi connectivity index (χ0) is 14.4. The molecule has 4 aliphatic rings. The molecule has 3 aliphatic carbocycles. The van der Waals surface area contributed by atoms with Crippen LogP contribution in [0, 0.1) is 22.7 Å². The van der Waals surface area contributed by atoms with Crippen molar-refractivity contribution in [2.45, 2.75) is 6.42 Å². The van der Waals surface area contributed by atoms with Gasteiger partial charge in [0.1, 0.15) is 10.8 Å². The van der Waals surface area contributed by atoms with Crippen molar-refractivity contribution in [1.82, 2.24) is 0 Å². The Kier molecular flexibility index (Phi) is 1.62. The maximum absolute atomic E-state index is 11.7. The third-order valence-electron chi connectivity index (χ3n) is 5.05. The van der Waals surface area contributed by atoms with Gasteiger partial charge in [0.25, 0.3) is 0 Å². The van der Waals surface area contributed by atoms with E-state index in [0.717, 1.165) is 0 Å². The minimum Gasteiger partial charge on any atom is -0.481 e. The number of carbonyl (C=O) groups is 4. The predicted octanol–water partition coefficient (Wildman–Crippen LogP) is -0.272. The lowest BCUT2D eigenvalue weighted by Crippen LogP contribution is -2.35. The molecule has 0 radical (unpaired) electrons. The van der Waals surface area contributed by atoms with Gasteiger partial charge in [0.05, 0.1) is 0 Å². The van der Waals surface area contributed by atoms with Gasteiger partial charge in [0.15, 0.2) is 0 Å². The highest BCUT2D eigenvalue weighted by molar-refractivity contribution is 6.12. The Morgan fingerprint density at radius 1 is 1.05 bits per heavy atom. The second kappa shape index (κ2) is 2.84. The number of rotatable bonds is 2. The Bertz CT molecular complexity index is 644. The van der Waals surface area contributed by atoms with Crippen molar-refractivity contribution < 1.29 is 34.1 Å². The van der Waals surface area contributed by atoms with Gasteiger partial charge in [-0.15, -0.1) is 0 Å². The number of hydrogen-bond acceptors (Lipinski definition) is 5. The van der Waals surface area contributed by atoms with Gasteiger partial charge in [-0.05, 0) is 6.42 Å². The Balaban J connectivity index is 2.06.